The van der Waals surface area contributed by atoms with Crippen molar-refractivity contribution < 1.29 is 28.3 Å². The second kappa shape index (κ2) is 10.9. The summed E-state index contributed by atoms with van der Waals surface area (Å²) in [5.41, 5.74) is 0.148. The zero-order chi connectivity index (χ0) is 21.4. The van der Waals surface area contributed by atoms with Crippen molar-refractivity contribution in [2.45, 2.75) is 52.7 Å². The van der Waals surface area contributed by atoms with Crippen LogP contribution in [-0.2, 0) is 24.8 Å². The van der Waals surface area contributed by atoms with Crippen LogP contribution in [0.3, 0.4) is 0 Å². The van der Waals surface area contributed by atoms with Crippen molar-refractivity contribution in [2.75, 3.05) is 13.2 Å². The van der Waals surface area contributed by atoms with Gasteiger partial charge in [0.05, 0.1) is 19.3 Å². The molecule has 158 valence electrons. The van der Waals surface area contributed by atoms with E-state index in [0.717, 1.165) is 5.56 Å². The van der Waals surface area contributed by atoms with Gasteiger partial charge in [-0.3, -0.25) is 4.57 Å². The van der Waals surface area contributed by atoms with Gasteiger partial charge < -0.3 is 24.2 Å². The maximum atomic E-state index is 12.8. The predicted octanol–water partition coefficient (Wildman–Crippen LogP) is 5.17. The van der Waals surface area contributed by atoms with Crippen molar-refractivity contribution in [2.24, 2.45) is 0 Å². The fourth-order valence-electron chi connectivity index (χ4n) is 2.25. The molecule has 7 nitrogen and oxygen atoms in total. The van der Waals surface area contributed by atoms with Gasteiger partial charge >= 0.3 is 13.7 Å². The van der Waals surface area contributed by atoms with Gasteiger partial charge in [-0.05, 0) is 64.8 Å². The minimum Gasteiger partial charge on any atom is -0.508 e. The molecule has 2 N–H and O–H groups in total. The first-order valence-corrected chi connectivity index (χ1v) is 11.0. The molecule has 0 aliphatic heterocycles. The van der Waals surface area contributed by atoms with Crippen LogP contribution in [0, 0.1) is 0 Å². The lowest BCUT2D eigenvalue weighted by molar-refractivity contribution is 0.0514. The monoisotopic (exact) mass is 433 g/mol. The summed E-state index contributed by atoms with van der Waals surface area (Å²) >= 11 is 6.26. The maximum absolute atomic E-state index is 12.8. The molecule has 0 heterocycles. The van der Waals surface area contributed by atoms with Gasteiger partial charge in [-0.15, -0.1) is 0 Å². The van der Waals surface area contributed by atoms with Crippen LogP contribution in [0.5, 0.6) is 5.75 Å². The highest BCUT2D eigenvalue weighted by molar-refractivity contribution is 7.61. The number of benzene rings is 1. The van der Waals surface area contributed by atoms with Crippen molar-refractivity contribution in [1.29, 1.82) is 0 Å². The normalized spacial score (nSPS) is 13.9. The largest absolute Gasteiger partial charge is 0.508 e. The van der Waals surface area contributed by atoms with E-state index >= 15 is 0 Å². The Hall–Kier alpha value is -1.53. The molecular weight excluding hydrogens is 405 g/mol. The standard InChI is InChI=1S/C19H29ClNO6P/c1-6-25-28(24,26-7-2)17(20)13-15(21-18(23)27-19(3,4)5)12-14-8-10-16(22)11-9-14/h8-11,13,15,22H,6-7,12H2,1-5H3,(H,21,23)/b17-13+/t15-/m1/s1. The summed E-state index contributed by atoms with van der Waals surface area (Å²) in [5.74, 6) is 0.131. The van der Waals surface area contributed by atoms with Crippen molar-refractivity contribution in [3.8, 4) is 5.75 Å². The van der Waals surface area contributed by atoms with Gasteiger partial charge in [-0.1, -0.05) is 23.7 Å². The van der Waals surface area contributed by atoms with E-state index < -0.39 is 25.3 Å². The number of hydrogen-bond acceptors (Lipinski definition) is 6. The van der Waals surface area contributed by atoms with Crippen LogP contribution in [-0.4, -0.2) is 36.1 Å². The molecule has 0 radical (unpaired) electrons. The van der Waals surface area contributed by atoms with E-state index in [1.54, 1.807) is 46.8 Å². The topological polar surface area (TPSA) is 94.1 Å². The van der Waals surface area contributed by atoms with Crippen molar-refractivity contribution >= 4 is 25.3 Å². The highest BCUT2D eigenvalue weighted by atomic mass is 35.5. The summed E-state index contributed by atoms with van der Waals surface area (Å²) in [6, 6.07) is 5.87. The van der Waals surface area contributed by atoms with E-state index in [-0.39, 0.29) is 23.7 Å². The minimum absolute atomic E-state index is 0.115. The third-order valence-electron chi connectivity index (χ3n) is 3.29. The number of phenolic OH excluding ortho intramolecular Hbond substituents is 1. The lowest BCUT2D eigenvalue weighted by Gasteiger charge is -2.23. The van der Waals surface area contributed by atoms with E-state index in [1.165, 1.54) is 18.2 Å². The highest BCUT2D eigenvalue weighted by Crippen LogP contribution is 2.57. The fourth-order valence-corrected chi connectivity index (χ4v) is 4.06. The molecule has 0 unspecified atom stereocenters. The van der Waals surface area contributed by atoms with Gasteiger partial charge in [-0.2, -0.15) is 0 Å². The SMILES string of the molecule is CCOP(=O)(OCC)/C(Cl)=C/[C@@H](Cc1ccc(O)cc1)NC(=O)OC(C)(C)C. The second-order valence-electron chi connectivity index (χ2n) is 6.95. The molecule has 1 atom stereocenters. The summed E-state index contributed by atoms with van der Waals surface area (Å²) in [7, 11) is -3.67. The van der Waals surface area contributed by atoms with Gasteiger partial charge in [0.25, 0.3) is 0 Å². The van der Waals surface area contributed by atoms with Crippen LogP contribution in [0.15, 0.2) is 35.1 Å². The molecule has 1 aromatic rings. The lowest BCUT2D eigenvalue weighted by Crippen LogP contribution is -2.39. The van der Waals surface area contributed by atoms with E-state index in [4.69, 9.17) is 25.4 Å². The number of hydrogen-bond donors (Lipinski definition) is 2. The van der Waals surface area contributed by atoms with Crippen molar-refractivity contribution in [1.82, 2.24) is 5.32 Å². The Kier molecular flexibility index (Phi) is 9.51. The molecule has 28 heavy (non-hydrogen) atoms. The Balaban J connectivity index is 3.11. The Morgan fingerprint density at radius 3 is 2.21 bits per heavy atom. The third-order valence-corrected chi connectivity index (χ3v) is 5.91. The molecule has 1 amide bonds. The Morgan fingerprint density at radius 1 is 1.21 bits per heavy atom. The summed E-state index contributed by atoms with van der Waals surface area (Å²) in [6.07, 6.45) is 1.12. The molecule has 0 aromatic heterocycles. The van der Waals surface area contributed by atoms with Crippen molar-refractivity contribution in [3.05, 3.63) is 40.7 Å². The minimum atomic E-state index is -3.67. The average molecular weight is 434 g/mol. The zero-order valence-corrected chi connectivity index (χ0v) is 18.5. The maximum Gasteiger partial charge on any atom is 0.408 e. The number of rotatable bonds is 9. The summed E-state index contributed by atoms with van der Waals surface area (Å²) in [6.45, 7) is 8.94. The van der Waals surface area contributed by atoms with Crippen LogP contribution in [0.25, 0.3) is 0 Å². The lowest BCUT2D eigenvalue weighted by atomic mass is 10.1. The molecule has 0 fully saturated rings. The number of amides is 1. The zero-order valence-electron chi connectivity index (χ0n) is 16.9. The fraction of sp³-hybridized carbons (Fsp3) is 0.526. The van der Waals surface area contributed by atoms with Gasteiger partial charge in [0.1, 0.15) is 16.1 Å². The summed E-state index contributed by atoms with van der Waals surface area (Å²) in [4.78, 5) is 12.2. The van der Waals surface area contributed by atoms with Gasteiger partial charge in [0, 0.05) is 0 Å². The quantitative estimate of drug-likeness (QED) is 0.521. The molecule has 1 aromatic carbocycles. The first-order chi connectivity index (χ1) is 13.0. The van der Waals surface area contributed by atoms with Crippen LogP contribution in [0.1, 0.15) is 40.2 Å². The Bertz CT molecular complexity index is 704. The van der Waals surface area contributed by atoms with Crippen molar-refractivity contribution in [3.63, 3.8) is 0 Å². The van der Waals surface area contributed by atoms with Gasteiger partial charge in [-0.25, -0.2) is 4.79 Å². The molecule has 0 saturated carbocycles. The number of alkyl carbamates (subject to hydrolysis) is 1. The van der Waals surface area contributed by atoms with Crippen LogP contribution in [0.2, 0.25) is 0 Å². The molecule has 1 rings (SSSR count). The van der Waals surface area contributed by atoms with Crippen LogP contribution in [0.4, 0.5) is 4.79 Å². The molecular formula is C19H29ClNO6P. The third kappa shape index (κ3) is 8.65. The molecule has 0 aliphatic rings. The van der Waals surface area contributed by atoms with E-state index in [1.807, 2.05) is 0 Å². The molecule has 0 saturated heterocycles. The number of nitrogens with one attached hydrogen (secondary N) is 1. The molecule has 9 heteroatoms. The Morgan fingerprint density at radius 2 is 1.75 bits per heavy atom. The molecule has 0 bridgehead atoms. The highest BCUT2D eigenvalue weighted by Gasteiger charge is 2.30. The number of aromatic hydroxyl groups is 1. The summed E-state index contributed by atoms with van der Waals surface area (Å²) in [5, 5.41) is 12.1. The number of halogens is 1. The molecule has 0 spiro atoms. The Labute approximate surface area is 171 Å². The van der Waals surface area contributed by atoms with Crippen LogP contribution < -0.4 is 5.32 Å². The van der Waals surface area contributed by atoms with Gasteiger partial charge in [0.15, 0.2) is 0 Å². The average Bonchev–Trinajstić information content (AvgIpc) is 2.55. The van der Waals surface area contributed by atoms with E-state index in [0.29, 0.717) is 6.42 Å². The van der Waals surface area contributed by atoms with E-state index in [2.05, 4.69) is 5.32 Å². The van der Waals surface area contributed by atoms with Crippen LogP contribution >= 0.6 is 19.2 Å². The second-order valence-corrected chi connectivity index (χ2v) is 9.61. The number of phenols is 1. The number of ether oxygens (including phenoxy) is 1. The number of carbonyl (C=O) groups excluding carboxylic acids is 1. The first kappa shape index (κ1) is 24.5. The van der Waals surface area contributed by atoms with Gasteiger partial charge in [0.2, 0.25) is 0 Å². The summed E-state index contributed by atoms with van der Waals surface area (Å²) < 4.78 is 28.5. The van der Waals surface area contributed by atoms with E-state index in [9.17, 15) is 14.5 Å². The first-order valence-electron chi connectivity index (χ1n) is 9.03. The predicted molar refractivity (Wildman–Crippen MR) is 110 cm³/mol. The number of carbonyl (C=O) groups is 1. The molecule has 0 aliphatic carbocycles. The smallest absolute Gasteiger partial charge is 0.408 e.